The summed E-state index contributed by atoms with van der Waals surface area (Å²) >= 11 is 0. The number of fused-ring (bicyclic) bond motifs is 1. The molecule has 2 N–H and O–H groups in total. The molecule has 0 saturated carbocycles. The predicted octanol–water partition coefficient (Wildman–Crippen LogP) is 5.72. The van der Waals surface area contributed by atoms with Gasteiger partial charge in [0.25, 0.3) is 0 Å². The fourth-order valence-electron chi connectivity index (χ4n) is 3.42. The van der Waals surface area contributed by atoms with Crippen LogP contribution in [0.25, 0.3) is 10.9 Å². The van der Waals surface area contributed by atoms with Gasteiger partial charge in [0.05, 0.1) is 0 Å². The Morgan fingerprint density at radius 3 is 2.85 bits per heavy atom. The molecule has 1 aromatic heterocycles. The van der Waals surface area contributed by atoms with Crippen LogP contribution in [-0.2, 0) is 0 Å². The molecule has 1 heterocycles. The molecule has 138 valence electrons. The molecule has 1 atom stereocenters. The molecule has 4 heteroatoms. The van der Waals surface area contributed by atoms with Gasteiger partial charge in [-0.1, -0.05) is 19.1 Å². The molecular formula is C22H28FN3. The van der Waals surface area contributed by atoms with Crippen LogP contribution in [0.15, 0.2) is 60.2 Å². The molecule has 0 fully saturated rings. The Hall–Kier alpha value is -2.33. The molecule has 0 bridgehead atoms. The first-order chi connectivity index (χ1) is 12.6. The van der Waals surface area contributed by atoms with Crippen LogP contribution in [0.5, 0.6) is 0 Å². The lowest BCUT2D eigenvalue weighted by atomic mass is 9.92. The number of hydrogen-bond acceptors (Lipinski definition) is 2. The van der Waals surface area contributed by atoms with E-state index in [1.807, 2.05) is 6.08 Å². The summed E-state index contributed by atoms with van der Waals surface area (Å²) in [6.07, 6.45) is 11.9. The zero-order valence-electron chi connectivity index (χ0n) is 15.8. The second-order valence-electron chi connectivity index (χ2n) is 7.14. The van der Waals surface area contributed by atoms with Crippen LogP contribution in [0.4, 0.5) is 10.1 Å². The summed E-state index contributed by atoms with van der Waals surface area (Å²) in [5, 5.41) is 4.66. The summed E-state index contributed by atoms with van der Waals surface area (Å²) in [4.78, 5) is 5.67. The van der Waals surface area contributed by atoms with Crippen LogP contribution in [0, 0.1) is 0 Å². The number of benzene rings is 1. The highest BCUT2D eigenvalue weighted by Gasteiger charge is 2.15. The normalized spacial score (nSPS) is 15.7. The Morgan fingerprint density at radius 1 is 1.23 bits per heavy atom. The number of halogens is 1. The minimum absolute atomic E-state index is 0.189. The van der Waals surface area contributed by atoms with E-state index in [9.17, 15) is 4.39 Å². The fraction of sp³-hybridized carbons (Fsp3) is 0.364. The number of nitrogens with zero attached hydrogens (tertiary/aromatic N) is 1. The molecule has 26 heavy (non-hydrogen) atoms. The third kappa shape index (κ3) is 4.44. The standard InChI is InChI=1S/C22H28FN3/c1-4-16(12-13-26(2)3)21-15-24-22-14-19(10-11-20(21)22)25-18-7-5-6-17(23)8-9-18/h6-11,14-16,24-25H,4-5,12-13H2,1-3H3. The Bertz CT molecular complexity index is 842. The summed E-state index contributed by atoms with van der Waals surface area (Å²) in [6.45, 7) is 3.35. The predicted molar refractivity (Wildman–Crippen MR) is 109 cm³/mol. The van der Waals surface area contributed by atoms with Crippen molar-refractivity contribution in [2.24, 2.45) is 0 Å². The third-order valence-corrected chi connectivity index (χ3v) is 4.93. The number of aromatic nitrogens is 1. The van der Waals surface area contributed by atoms with Crippen molar-refractivity contribution in [3.63, 3.8) is 0 Å². The van der Waals surface area contributed by atoms with Crippen LogP contribution in [0.2, 0.25) is 0 Å². The number of allylic oxidation sites excluding steroid dienone is 5. The van der Waals surface area contributed by atoms with Gasteiger partial charge in [-0.3, -0.25) is 0 Å². The lowest BCUT2D eigenvalue weighted by Crippen LogP contribution is -2.15. The Balaban J connectivity index is 1.78. The molecule has 0 radical (unpaired) electrons. The first-order valence-corrected chi connectivity index (χ1v) is 9.33. The first kappa shape index (κ1) is 18.5. The topological polar surface area (TPSA) is 31.1 Å². The van der Waals surface area contributed by atoms with Gasteiger partial charge in [-0.05, 0) is 81.7 Å². The van der Waals surface area contributed by atoms with Gasteiger partial charge in [0.2, 0.25) is 0 Å². The zero-order valence-corrected chi connectivity index (χ0v) is 15.8. The van der Waals surface area contributed by atoms with Gasteiger partial charge in [0.15, 0.2) is 0 Å². The number of hydrogen-bond donors (Lipinski definition) is 2. The van der Waals surface area contributed by atoms with Crippen LogP contribution >= 0.6 is 0 Å². The van der Waals surface area contributed by atoms with Crippen molar-refractivity contribution in [3.05, 3.63) is 65.8 Å². The highest BCUT2D eigenvalue weighted by atomic mass is 19.1. The van der Waals surface area contributed by atoms with Crippen molar-refractivity contribution in [1.29, 1.82) is 0 Å². The molecule has 1 aliphatic carbocycles. The van der Waals surface area contributed by atoms with Crippen molar-refractivity contribution in [3.8, 4) is 0 Å². The van der Waals surface area contributed by atoms with E-state index in [0.29, 0.717) is 12.3 Å². The molecule has 0 saturated heterocycles. The van der Waals surface area contributed by atoms with Gasteiger partial charge in [0.1, 0.15) is 5.83 Å². The van der Waals surface area contributed by atoms with Crippen molar-refractivity contribution in [2.75, 3.05) is 26.0 Å². The van der Waals surface area contributed by atoms with E-state index >= 15 is 0 Å². The van der Waals surface area contributed by atoms with Crippen LogP contribution < -0.4 is 5.32 Å². The summed E-state index contributed by atoms with van der Waals surface area (Å²) in [5.41, 5.74) is 4.45. The maximum Gasteiger partial charge on any atom is 0.119 e. The fourth-order valence-corrected chi connectivity index (χ4v) is 3.42. The third-order valence-electron chi connectivity index (χ3n) is 4.93. The minimum Gasteiger partial charge on any atom is -0.361 e. The number of nitrogens with one attached hydrogen (secondary N) is 2. The molecule has 0 aliphatic heterocycles. The van der Waals surface area contributed by atoms with Crippen LogP contribution in [0.3, 0.4) is 0 Å². The largest absolute Gasteiger partial charge is 0.361 e. The minimum atomic E-state index is -0.189. The highest BCUT2D eigenvalue weighted by molar-refractivity contribution is 5.87. The number of anilines is 1. The smallest absolute Gasteiger partial charge is 0.119 e. The quantitative estimate of drug-likeness (QED) is 0.667. The number of rotatable bonds is 7. The molecular weight excluding hydrogens is 325 g/mol. The maximum absolute atomic E-state index is 13.3. The second-order valence-corrected chi connectivity index (χ2v) is 7.14. The molecule has 2 aromatic rings. The van der Waals surface area contributed by atoms with Gasteiger partial charge in [0, 0.05) is 28.5 Å². The van der Waals surface area contributed by atoms with E-state index in [1.54, 1.807) is 12.2 Å². The van der Waals surface area contributed by atoms with Crippen molar-refractivity contribution in [2.45, 2.75) is 32.1 Å². The Kier molecular flexibility index (Phi) is 5.94. The summed E-state index contributed by atoms with van der Waals surface area (Å²) < 4.78 is 13.3. The average Bonchev–Trinajstić information content (AvgIpc) is 2.92. The zero-order chi connectivity index (χ0) is 18.5. The Morgan fingerprint density at radius 2 is 2.08 bits per heavy atom. The van der Waals surface area contributed by atoms with E-state index < -0.39 is 0 Å². The van der Waals surface area contributed by atoms with Crippen molar-refractivity contribution in [1.82, 2.24) is 9.88 Å². The van der Waals surface area contributed by atoms with Crippen LogP contribution in [-0.4, -0.2) is 30.5 Å². The molecule has 1 aliphatic rings. The van der Waals surface area contributed by atoms with E-state index in [0.717, 1.165) is 36.3 Å². The highest BCUT2D eigenvalue weighted by Crippen LogP contribution is 2.32. The molecule has 3 nitrogen and oxygen atoms in total. The maximum atomic E-state index is 13.3. The SMILES string of the molecule is CCC(CCN(C)C)c1c[nH]c2cc(NC3=CCC=C(F)C=C3)ccc12. The molecule has 3 rings (SSSR count). The average molecular weight is 353 g/mol. The molecule has 0 spiro atoms. The molecule has 0 amide bonds. The molecule has 1 unspecified atom stereocenters. The van der Waals surface area contributed by atoms with Gasteiger partial charge in [-0.2, -0.15) is 0 Å². The second kappa shape index (κ2) is 8.37. The summed E-state index contributed by atoms with van der Waals surface area (Å²) in [5.74, 6) is 0.373. The summed E-state index contributed by atoms with van der Waals surface area (Å²) in [7, 11) is 4.25. The number of H-pyrrole nitrogens is 1. The van der Waals surface area contributed by atoms with Gasteiger partial charge in [-0.25, -0.2) is 4.39 Å². The van der Waals surface area contributed by atoms with Gasteiger partial charge < -0.3 is 15.2 Å². The van der Waals surface area contributed by atoms with Crippen molar-refractivity contribution < 1.29 is 4.39 Å². The molecule has 1 aromatic carbocycles. The lowest BCUT2D eigenvalue weighted by Gasteiger charge is -2.17. The summed E-state index contributed by atoms with van der Waals surface area (Å²) in [6, 6.07) is 6.41. The van der Waals surface area contributed by atoms with E-state index in [2.05, 4.69) is 60.6 Å². The van der Waals surface area contributed by atoms with Crippen LogP contribution in [0.1, 0.15) is 37.7 Å². The van der Waals surface area contributed by atoms with E-state index in [4.69, 9.17) is 0 Å². The lowest BCUT2D eigenvalue weighted by molar-refractivity contribution is 0.378. The van der Waals surface area contributed by atoms with Gasteiger partial charge in [-0.15, -0.1) is 0 Å². The van der Waals surface area contributed by atoms with Gasteiger partial charge >= 0.3 is 0 Å². The van der Waals surface area contributed by atoms with E-state index in [1.165, 1.54) is 17.0 Å². The first-order valence-electron chi connectivity index (χ1n) is 9.33. The Labute approximate surface area is 155 Å². The number of aromatic amines is 1. The van der Waals surface area contributed by atoms with Crippen molar-refractivity contribution >= 4 is 16.6 Å². The van der Waals surface area contributed by atoms with E-state index in [-0.39, 0.29) is 5.83 Å². The monoisotopic (exact) mass is 353 g/mol.